The van der Waals surface area contributed by atoms with Gasteiger partial charge in [-0.3, -0.25) is 9.59 Å². The summed E-state index contributed by atoms with van der Waals surface area (Å²) >= 11 is 5.72. The van der Waals surface area contributed by atoms with Crippen molar-refractivity contribution in [3.05, 3.63) is 83.9 Å². The predicted molar refractivity (Wildman–Crippen MR) is 122 cm³/mol. The number of carbonyl (C=O) groups excluding carboxylic acids is 2. The van der Waals surface area contributed by atoms with Gasteiger partial charge >= 0.3 is 0 Å². The largest absolute Gasteiger partial charge is 0.344 e. The lowest BCUT2D eigenvalue weighted by atomic mass is 10.0. The first-order valence-corrected chi connectivity index (χ1v) is 10.7. The fourth-order valence-electron chi connectivity index (χ4n) is 3.50. The average Bonchev–Trinajstić information content (AvgIpc) is 2.77. The minimum Gasteiger partial charge on any atom is -0.344 e. The maximum atomic E-state index is 13.2. The fraction of sp³-hybridized carbons (Fsp3) is 0.280. The standard InChI is InChI=1S/C25H27ClN2O2/c1-28(18-19-8-3-2-4-9-19)25(30)23(27-24(29)12-7-15-26)17-20-13-14-21-10-5-6-11-22(21)16-20/h2-6,8-11,13-14,16,23H,7,12,15,17-18H2,1H3,(H,27,29)/t23-/m0/s1. The van der Waals surface area contributed by atoms with Crippen molar-refractivity contribution in [2.45, 2.75) is 31.8 Å². The molecule has 0 spiro atoms. The molecule has 0 aliphatic rings. The highest BCUT2D eigenvalue weighted by Gasteiger charge is 2.24. The van der Waals surface area contributed by atoms with Crippen LogP contribution in [0.4, 0.5) is 0 Å². The number of rotatable bonds is 9. The number of nitrogens with one attached hydrogen (secondary N) is 1. The van der Waals surface area contributed by atoms with Crippen LogP contribution in [0.15, 0.2) is 72.8 Å². The van der Waals surface area contributed by atoms with E-state index in [0.717, 1.165) is 21.9 Å². The lowest BCUT2D eigenvalue weighted by molar-refractivity contribution is -0.135. The van der Waals surface area contributed by atoms with E-state index in [9.17, 15) is 9.59 Å². The van der Waals surface area contributed by atoms with Gasteiger partial charge in [-0.25, -0.2) is 0 Å². The summed E-state index contributed by atoms with van der Waals surface area (Å²) < 4.78 is 0. The Morgan fingerprint density at radius 2 is 1.63 bits per heavy atom. The van der Waals surface area contributed by atoms with Gasteiger partial charge in [-0.05, 0) is 28.3 Å². The van der Waals surface area contributed by atoms with Crippen LogP contribution in [-0.4, -0.2) is 35.7 Å². The molecule has 1 N–H and O–H groups in total. The number of likely N-dealkylation sites (N-methyl/N-ethyl adjacent to an activating group) is 1. The maximum Gasteiger partial charge on any atom is 0.245 e. The van der Waals surface area contributed by atoms with Crippen molar-refractivity contribution in [1.82, 2.24) is 10.2 Å². The molecule has 0 heterocycles. The number of alkyl halides is 1. The molecule has 0 aliphatic heterocycles. The van der Waals surface area contributed by atoms with E-state index in [-0.39, 0.29) is 11.8 Å². The van der Waals surface area contributed by atoms with E-state index in [0.29, 0.717) is 31.7 Å². The molecule has 5 heteroatoms. The van der Waals surface area contributed by atoms with Gasteiger partial charge in [0.05, 0.1) is 0 Å². The molecule has 30 heavy (non-hydrogen) atoms. The second kappa shape index (κ2) is 10.8. The first-order valence-electron chi connectivity index (χ1n) is 10.2. The quantitative estimate of drug-likeness (QED) is 0.514. The molecule has 0 unspecified atom stereocenters. The molecule has 3 rings (SSSR count). The molecule has 4 nitrogen and oxygen atoms in total. The van der Waals surface area contributed by atoms with Gasteiger partial charge in [0, 0.05) is 32.3 Å². The lowest BCUT2D eigenvalue weighted by Crippen LogP contribution is -2.48. The molecule has 0 aromatic heterocycles. The van der Waals surface area contributed by atoms with Crippen LogP contribution in [0.25, 0.3) is 10.8 Å². The number of halogens is 1. The molecule has 0 saturated carbocycles. The number of carbonyl (C=O) groups is 2. The summed E-state index contributed by atoms with van der Waals surface area (Å²) in [6.45, 7) is 0.492. The molecule has 3 aromatic rings. The maximum absolute atomic E-state index is 13.2. The normalized spacial score (nSPS) is 11.8. The SMILES string of the molecule is CN(Cc1ccccc1)C(=O)[C@H](Cc1ccc2ccccc2c1)NC(=O)CCCCl. The zero-order chi connectivity index (χ0) is 21.3. The number of benzene rings is 3. The zero-order valence-electron chi connectivity index (χ0n) is 17.2. The third-order valence-electron chi connectivity index (χ3n) is 5.06. The number of amides is 2. The first kappa shape index (κ1) is 21.8. The van der Waals surface area contributed by atoms with Gasteiger partial charge in [0.2, 0.25) is 11.8 Å². The van der Waals surface area contributed by atoms with Crippen LogP contribution in [0.1, 0.15) is 24.0 Å². The topological polar surface area (TPSA) is 49.4 Å². The molecule has 0 saturated heterocycles. The predicted octanol–water partition coefficient (Wildman–Crippen LogP) is 4.54. The van der Waals surface area contributed by atoms with Crippen molar-refractivity contribution >= 4 is 34.2 Å². The molecule has 3 aromatic carbocycles. The smallest absolute Gasteiger partial charge is 0.245 e. The molecule has 156 valence electrons. The van der Waals surface area contributed by atoms with E-state index in [1.54, 1.807) is 11.9 Å². The van der Waals surface area contributed by atoms with Crippen LogP contribution < -0.4 is 5.32 Å². The van der Waals surface area contributed by atoms with Gasteiger partial charge in [-0.15, -0.1) is 11.6 Å². The second-order valence-electron chi connectivity index (χ2n) is 7.48. The molecule has 0 aliphatic carbocycles. The zero-order valence-corrected chi connectivity index (χ0v) is 17.9. The van der Waals surface area contributed by atoms with Crippen LogP contribution in [0.2, 0.25) is 0 Å². The number of nitrogens with zero attached hydrogens (tertiary/aromatic N) is 1. The monoisotopic (exact) mass is 422 g/mol. The van der Waals surface area contributed by atoms with E-state index >= 15 is 0 Å². The molecule has 0 bridgehead atoms. The average molecular weight is 423 g/mol. The van der Waals surface area contributed by atoms with Crippen LogP contribution in [0.3, 0.4) is 0 Å². The molecule has 2 amide bonds. The van der Waals surface area contributed by atoms with Crippen LogP contribution >= 0.6 is 11.6 Å². The Labute approximate surface area is 182 Å². The van der Waals surface area contributed by atoms with Crippen LogP contribution in [0, 0.1) is 0 Å². The Balaban J connectivity index is 1.77. The van der Waals surface area contributed by atoms with Crippen molar-refractivity contribution in [3.8, 4) is 0 Å². The Bertz CT molecular complexity index is 991. The molecule has 1 atom stereocenters. The summed E-state index contributed by atoms with van der Waals surface area (Å²) in [5.41, 5.74) is 2.06. The van der Waals surface area contributed by atoms with Gasteiger partial charge < -0.3 is 10.2 Å². The van der Waals surface area contributed by atoms with Gasteiger partial charge in [0.15, 0.2) is 0 Å². The Morgan fingerprint density at radius 1 is 0.933 bits per heavy atom. The summed E-state index contributed by atoms with van der Waals surface area (Å²) in [6, 6.07) is 23.5. The van der Waals surface area contributed by atoms with E-state index in [2.05, 4.69) is 29.6 Å². The van der Waals surface area contributed by atoms with E-state index in [1.165, 1.54) is 0 Å². The summed E-state index contributed by atoms with van der Waals surface area (Å²) in [5.74, 6) is 0.166. The van der Waals surface area contributed by atoms with Crippen molar-refractivity contribution < 1.29 is 9.59 Å². The van der Waals surface area contributed by atoms with Crippen molar-refractivity contribution in [2.24, 2.45) is 0 Å². The highest BCUT2D eigenvalue weighted by molar-refractivity contribution is 6.17. The van der Waals surface area contributed by atoms with Crippen molar-refractivity contribution in [3.63, 3.8) is 0 Å². The lowest BCUT2D eigenvalue weighted by Gasteiger charge is -2.25. The van der Waals surface area contributed by atoms with E-state index in [4.69, 9.17) is 11.6 Å². The van der Waals surface area contributed by atoms with Crippen LogP contribution in [0.5, 0.6) is 0 Å². The minimum absolute atomic E-state index is 0.105. The highest BCUT2D eigenvalue weighted by Crippen LogP contribution is 2.17. The van der Waals surface area contributed by atoms with E-state index < -0.39 is 6.04 Å². The molecule has 0 radical (unpaired) electrons. The van der Waals surface area contributed by atoms with Gasteiger partial charge in [0.1, 0.15) is 6.04 Å². The molecular weight excluding hydrogens is 396 g/mol. The van der Waals surface area contributed by atoms with Crippen molar-refractivity contribution in [2.75, 3.05) is 12.9 Å². The fourth-order valence-corrected chi connectivity index (χ4v) is 3.63. The molecular formula is C25H27ClN2O2. The minimum atomic E-state index is -0.623. The third kappa shape index (κ3) is 6.07. The third-order valence-corrected chi connectivity index (χ3v) is 5.33. The Morgan fingerprint density at radius 3 is 2.37 bits per heavy atom. The first-order chi connectivity index (χ1) is 14.6. The van der Waals surface area contributed by atoms with Gasteiger partial charge in [0.25, 0.3) is 0 Å². The Hall–Kier alpha value is -2.85. The second-order valence-corrected chi connectivity index (χ2v) is 7.86. The summed E-state index contributed by atoms with van der Waals surface area (Å²) in [5, 5.41) is 5.19. The van der Waals surface area contributed by atoms with Gasteiger partial charge in [-0.1, -0.05) is 72.8 Å². The van der Waals surface area contributed by atoms with E-state index in [1.807, 2.05) is 48.5 Å². The van der Waals surface area contributed by atoms with Gasteiger partial charge in [-0.2, -0.15) is 0 Å². The number of hydrogen-bond acceptors (Lipinski definition) is 2. The number of hydrogen-bond donors (Lipinski definition) is 1. The summed E-state index contributed by atoms with van der Waals surface area (Å²) in [7, 11) is 1.77. The molecule has 0 fully saturated rings. The summed E-state index contributed by atoms with van der Waals surface area (Å²) in [4.78, 5) is 27.2. The van der Waals surface area contributed by atoms with Crippen LogP contribution in [-0.2, 0) is 22.6 Å². The Kier molecular flexibility index (Phi) is 7.86. The summed E-state index contributed by atoms with van der Waals surface area (Å²) in [6.07, 6.45) is 1.34. The number of fused-ring (bicyclic) bond motifs is 1. The van der Waals surface area contributed by atoms with Crippen molar-refractivity contribution in [1.29, 1.82) is 0 Å². The highest BCUT2D eigenvalue weighted by atomic mass is 35.5.